The van der Waals surface area contributed by atoms with Crippen LogP contribution in [-0.2, 0) is 12.7 Å². The lowest BCUT2D eigenvalue weighted by Crippen LogP contribution is -2.13. The van der Waals surface area contributed by atoms with Crippen LogP contribution < -0.4 is 0 Å². The maximum absolute atomic E-state index is 12.2. The zero-order valence-corrected chi connectivity index (χ0v) is 6.81. The van der Waals surface area contributed by atoms with Crippen LogP contribution in [0.3, 0.4) is 0 Å². The molecule has 1 rings (SSSR count). The van der Waals surface area contributed by atoms with Crippen LogP contribution in [0.15, 0.2) is 6.07 Å². The molecule has 0 amide bonds. The largest absolute Gasteiger partial charge is 0.433 e. The maximum Gasteiger partial charge on any atom is 0.433 e. The van der Waals surface area contributed by atoms with Crippen molar-refractivity contribution in [2.45, 2.75) is 26.6 Å². The minimum absolute atomic E-state index is 0.239. The fourth-order valence-corrected chi connectivity index (χ4v) is 1.01. The van der Waals surface area contributed by atoms with Gasteiger partial charge in [0, 0.05) is 6.54 Å². The van der Waals surface area contributed by atoms with Crippen LogP contribution in [0.2, 0.25) is 0 Å². The summed E-state index contributed by atoms with van der Waals surface area (Å²) >= 11 is 0. The molecule has 1 aromatic rings. The van der Waals surface area contributed by atoms with E-state index in [9.17, 15) is 13.2 Å². The van der Waals surface area contributed by atoms with E-state index in [4.69, 9.17) is 0 Å². The van der Waals surface area contributed by atoms with Crippen molar-refractivity contribution in [2.24, 2.45) is 0 Å². The smallest absolute Gasteiger partial charge is 0.260 e. The van der Waals surface area contributed by atoms with Gasteiger partial charge in [-0.1, -0.05) is 0 Å². The van der Waals surface area contributed by atoms with Crippen LogP contribution in [0.4, 0.5) is 13.2 Å². The van der Waals surface area contributed by atoms with Crippen molar-refractivity contribution >= 4 is 0 Å². The van der Waals surface area contributed by atoms with Gasteiger partial charge in [0.1, 0.15) is 5.69 Å². The van der Waals surface area contributed by atoms with Gasteiger partial charge in [-0.25, -0.2) is 0 Å². The highest BCUT2D eigenvalue weighted by molar-refractivity contribution is 5.11. The molecule has 0 radical (unpaired) electrons. The Balaban J connectivity index is 3.13. The van der Waals surface area contributed by atoms with Crippen LogP contribution >= 0.6 is 0 Å². The third-order valence-electron chi connectivity index (χ3n) is 1.49. The molecule has 0 aliphatic rings. The van der Waals surface area contributed by atoms with Gasteiger partial charge in [0.15, 0.2) is 0 Å². The van der Waals surface area contributed by atoms with E-state index in [1.54, 1.807) is 13.8 Å². The maximum atomic E-state index is 12.2. The highest BCUT2D eigenvalue weighted by atomic mass is 19.4. The fourth-order valence-electron chi connectivity index (χ4n) is 1.01. The van der Waals surface area contributed by atoms with Gasteiger partial charge >= 0.3 is 6.18 Å². The summed E-state index contributed by atoms with van der Waals surface area (Å²) in [5.74, 6) is 0. The van der Waals surface area contributed by atoms with E-state index in [-0.39, 0.29) is 6.54 Å². The van der Waals surface area contributed by atoms with Gasteiger partial charge in [-0.3, -0.25) is 4.68 Å². The van der Waals surface area contributed by atoms with Crippen molar-refractivity contribution in [1.29, 1.82) is 0 Å². The minimum atomic E-state index is -4.29. The van der Waals surface area contributed by atoms with Crippen molar-refractivity contribution in [1.82, 2.24) is 9.78 Å². The zero-order chi connectivity index (χ0) is 9.35. The minimum Gasteiger partial charge on any atom is -0.260 e. The average Bonchev–Trinajstić information content (AvgIpc) is 2.29. The number of hydrogen-bond donors (Lipinski definition) is 0. The molecule has 0 N–H and O–H groups in total. The monoisotopic (exact) mass is 178 g/mol. The number of hydrogen-bond acceptors (Lipinski definition) is 1. The van der Waals surface area contributed by atoms with E-state index in [2.05, 4.69) is 5.10 Å². The van der Waals surface area contributed by atoms with Crippen LogP contribution in [0.1, 0.15) is 18.3 Å². The molecule has 0 saturated heterocycles. The van der Waals surface area contributed by atoms with E-state index in [1.165, 1.54) is 0 Å². The van der Waals surface area contributed by atoms with Crippen molar-refractivity contribution in [3.8, 4) is 0 Å². The molecule has 2 nitrogen and oxygen atoms in total. The van der Waals surface area contributed by atoms with Crippen LogP contribution in [0, 0.1) is 6.92 Å². The molecule has 0 unspecified atom stereocenters. The highest BCUT2D eigenvalue weighted by Crippen LogP contribution is 2.29. The Labute approximate surface area is 68.0 Å². The third-order valence-corrected chi connectivity index (χ3v) is 1.49. The van der Waals surface area contributed by atoms with Gasteiger partial charge < -0.3 is 0 Å². The number of halogens is 3. The molecule has 0 spiro atoms. The SMILES string of the molecule is CCn1nc(C)cc1C(F)(F)F. The lowest BCUT2D eigenvalue weighted by Gasteiger charge is -2.07. The molecule has 0 aliphatic heterocycles. The van der Waals surface area contributed by atoms with Crippen LogP contribution in [-0.4, -0.2) is 9.78 Å². The molecule has 0 aromatic carbocycles. The Hall–Kier alpha value is -1.00. The fraction of sp³-hybridized carbons (Fsp3) is 0.571. The molecule has 0 fully saturated rings. The van der Waals surface area contributed by atoms with Crippen LogP contribution in [0.25, 0.3) is 0 Å². The number of rotatable bonds is 1. The summed E-state index contributed by atoms with van der Waals surface area (Å²) in [6.07, 6.45) is -4.29. The summed E-state index contributed by atoms with van der Waals surface area (Å²) in [4.78, 5) is 0. The molecule has 1 heterocycles. The van der Waals surface area contributed by atoms with E-state index in [0.29, 0.717) is 5.69 Å². The van der Waals surface area contributed by atoms with Gasteiger partial charge in [-0.05, 0) is 19.9 Å². The Morgan fingerprint density at radius 1 is 1.50 bits per heavy atom. The van der Waals surface area contributed by atoms with Crippen molar-refractivity contribution in [3.63, 3.8) is 0 Å². The predicted octanol–water partition coefficient (Wildman–Crippen LogP) is 2.23. The number of nitrogens with zero attached hydrogens (tertiary/aromatic N) is 2. The van der Waals surface area contributed by atoms with E-state index < -0.39 is 11.9 Å². The summed E-state index contributed by atoms with van der Waals surface area (Å²) in [6.45, 7) is 3.41. The molecule has 12 heavy (non-hydrogen) atoms. The molecule has 0 saturated carbocycles. The number of aromatic nitrogens is 2. The summed E-state index contributed by atoms with van der Waals surface area (Å²) in [5.41, 5.74) is -0.285. The molecule has 0 bridgehead atoms. The quantitative estimate of drug-likeness (QED) is 0.644. The second-order valence-electron chi connectivity index (χ2n) is 2.48. The Morgan fingerprint density at radius 3 is 2.42 bits per heavy atom. The predicted molar refractivity (Wildman–Crippen MR) is 37.6 cm³/mol. The first-order valence-electron chi connectivity index (χ1n) is 3.56. The normalized spacial score (nSPS) is 12.1. The van der Waals surface area contributed by atoms with E-state index in [1.807, 2.05) is 0 Å². The van der Waals surface area contributed by atoms with Crippen molar-refractivity contribution < 1.29 is 13.2 Å². The molecule has 0 atom stereocenters. The van der Waals surface area contributed by atoms with Gasteiger partial charge in [0.25, 0.3) is 0 Å². The second-order valence-corrected chi connectivity index (χ2v) is 2.48. The van der Waals surface area contributed by atoms with Gasteiger partial charge in [-0.15, -0.1) is 0 Å². The Morgan fingerprint density at radius 2 is 2.08 bits per heavy atom. The number of aryl methyl sites for hydroxylation is 2. The van der Waals surface area contributed by atoms with Crippen molar-refractivity contribution in [3.05, 3.63) is 17.5 Å². The first-order chi connectivity index (χ1) is 5.45. The van der Waals surface area contributed by atoms with Crippen LogP contribution in [0.5, 0.6) is 0 Å². The molecular formula is C7H9F3N2. The van der Waals surface area contributed by atoms with E-state index >= 15 is 0 Å². The standard InChI is InChI=1S/C7H9F3N2/c1-3-12-6(7(8,9)10)4-5(2)11-12/h4H,3H2,1-2H3. The first-order valence-corrected chi connectivity index (χ1v) is 3.56. The Kier molecular flexibility index (Phi) is 2.12. The average molecular weight is 178 g/mol. The third kappa shape index (κ3) is 1.60. The summed E-state index contributed by atoms with van der Waals surface area (Å²) < 4.78 is 37.5. The summed E-state index contributed by atoms with van der Waals surface area (Å²) in [6, 6.07) is 1.05. The van der Waals surface area contributed by atoms with Crippen molar-refractivity contribution in [2.75, 3.05) is 0 Å². The molecule has 5 heteroatoms. The zero-order valence-electron chi connectivity index (χ0n) is 6.81. The summed E-state index contributed by atoms with van der Waals surface area (Å²) in [7, 11) is 0. The van der Waals surface area contributed by atoms with Gasteiger partial charge in [-0.2, -0.15) is 18.3 Å². The highest BCUT2D eigenvalue weighted by Gasteiger charge is 2.34. The molecular weight excluding hydrogens is 169 g/mol. The topological polar surface area (TPSA) is 17.8 Å². The molecule has 68 valence electrons. The van der Waals surface area contributed by atoms with Gasteiger partial charge in [0.05, 0.1) is 5.69 Å². The second kappa shape index (κ2) is 2.80. The molecule has 0 aliphatic carbocycles. The lowest BCUT2D eigenvalue weighted by molar-refractivity contribution is -0.144. The first kappa shape index (κ1) is 9.09. The number of alkyl halides is 3. The molecule has 1 aromatic heterocycles. The Bertz CT molecular complexity index is 275. The van der Waals surface area contributed by atoms with E-state index in [0.717, 1.165) is 10.7 Å². The summed E-state index contributed by atoms with van der Waals surface area (Å²) in [5, 5.41) is 3.69. The lowest BCUT2D eigenvalue weighted by atomic mass is 10.3. The van der Waals surface area contributed by atoms with Gasteiger partial charge in [0.2, 0.25) is 0 Å².